The minimum absolute atomic E-state index is 0.0295. The highest BCUT2D eigenvalue weighted by Gasteiger charge is 2.24. The highest BCUT2D eigenvalue weighted by atomic mass is 32.1. The van der Waals surface area contributed by atoms with Gasteiger partial charge in [0.05, 0.1) is 5.92 Å². The van der Waals surface area contributed by atoms with Gasteiger partial charge in [-0.25, -0.2) is 0 Å². The molecule has 3 aromatic rings. The minimum atomic E-state index is -0.462. The van der Waals surface area contributed by atoms with E-state index in [1.165, 1.54) is 0 Å². The van der Waals surface area contributed by atoms with Crippen molar-refractivity contribution in [1.82, 2.24) is 10.2 Å². The van der Waals surface area contributed by atoms with Crippen LogP contribution >= 0.6 is 12.2 Å². The van der Waals surface area contributed by atoms with Gasteiger partial charge < -0.3 is 20.4 Å². The molecule has 1 aliphatic heterocycles. The molecule has 0 saturated carbocycles. The van der Waals surface area contributed by atoms with Gasteiger partial charge in [0.25, 0.3) is 0 Å². The van der Waals surface area contributed by atoms with Gasteiger partial charge in [-0.3, -0.25) is 9.59 Å². The van der Waals surface area contributed by atoms with Crippen LogP contribution in [0.3, 0.4) is 0 Å². The fourth-order valence-corrected chi connectivity index (χ4v) is 4.66. The summed E-state index contributed by atoms with van der Waals surface area (Å²) in [5.74, 6) is -0.403. The molecule has 36 heavy (non-hydrogen) atoms. The van der Waals surface area contributed by atoms with E-state index in [1.807, 2.05) is 104 Å². The van der Waals surface area contributed by atoms with Crippen LogP contribution in [0.2, 0.25) is 0 Å². The number of thiocarbonyl (C=S) groups is 1. The van der Waals surface area contributed by atoms with E-state index in [9.17, 15) is 9.59 Å². The van der Waals surface area contributed by atoms with Gasteiger partial charge in [-0.05, 0) is 47.6 Å². The van der Waals surface area contributed by atoms with Crippen molar-refractivity contribution in [2.24, 2.45) is 5.92 Å². The number of hydrogen-bond donors (Lipinski definition) is 2. The summed E-state index contributed by atoms with van der Waals surface area (Å²) in [5, 5.41) is 6.24. The van der Waals surface area contributed by atoms with E-state index in [4.69, 9.17) is 12.2 Å². The molecule has 0 aromatic heterocycles. The zero-order chi connectivity index (χ0) is 25.5. The molecule has 4 rings (SSSR count). The fraction of sp³-hybridized carbons (Fsp3) is 0.276. The second kappa shape index (κ2) is 11.8. The topological polar surface area (TPSA) is 64.7 Å². The van der Waals surface area contributed by atoms with E-state index in [-0.39, 0.29) is 22.8 Å². The summed E-state index contributed by atoms with van der Waals surface area (Å²) in [6.45, 7) is 6.96. The first-order valence-corrected chi connectivity index (χ1v) is 12.7. The molecule has 7 heteroatoms. The summed E-state index contributed by atoms with van der Waals surface area (Å²) in [5.41, 5.74) is 3.71. The number of carbonyl (C=O) groups is 2. The lowest BCUT2D eigenvalue weighted by molar-refractivity contribution is -0.134. The average Bonchev–Trinajstić information content (AvgIpc) is 2.90. The lowest BCUT2D eigenvalue weighted by atomic mass is 9.90. The second-order valence-electron chi connectivity index (χ2n) is 9.21. The Balaban J connectivity index is 1.35. The molecule has 0 radical (unpaired) electrons. The maximum absolute atomic E-state index is 13.2. The van der Waals surface area contributed by atoms with Crippen LogP contribution in [0.5, 0.6) is 0 Å². The Morgan fingerprint density at radius 3 is 1.81 bits per heavy atom. The first-order valence-electron chi connectivity index (χ1n) is 12.3. The number of amides is 2. The van der Waals surface area contributed by atoms with Gasteiger partial charge >= 0.3 is 0 Å². The van der Waals surface area contributed by atoms with Crippen molar-refractivity contribution in [2.45, 2.75) is 19.8 Å². The molecule has 0 unspecified atom stereocenters. The number of carbonyl (C=O) groups excluding carboxylic acids is 2. The third-order valence-corrected chi connectivity index (χ3v) is 6.54. The van der Waals surface area contributed by atoms with Crippen molar-refractivity contribution < 1.29 is 9.59 Å². The molecule has 6 nitrogen and oxygen atoms in total. The van der Waals surface area contributed by atoms with E-state index < -0.39 is 5.92 Å². The van der Waals surface area contributed by atoms with Crippen molar-refractivity contribution >= 4 is 40.5 Å². The molecule has 2 amide bonds. The van der Waals surface area contributed by atoms with Crippen molar-refractivity contribution in [3.8, 4) is 0 Å². The molecule has 0 aliphatic carbocycles. The van der Waals surface area contributed by atoms with E-state index >= 15 is 0 Å². The summed E-state index contributed by atoms with van der Waals surface area (Å²) in [4.78, 5) is 29.7. The molecule has 2 N–H and O–H groups in total. The minimum Gasteiger partial charge on any atom is -0.368 e. The van der Waals surface area contributed by atoms with Crippen LogP contribution in [-0.2, 0) is 9.59 Å². The van der Waals surface area contributed by atoms with Crippen LogP contribution in [0.25, 0.3) is 0 Å². The van der Waals surface area contributed by atoms with Crippen molar-refractivity contribution in [3.63, 3.8) is 0 Å². The maximum atomic E-state index is 13.2. The van der Waals surface area contributed by atoms with Crippen LogP contribution in [0, 0.1) is 5.92 Å². The predicted molar refractivity (Wildman–Crippen MR) is 149 cm³/mol. The van der Waals surface area contributed by atoms with Crippen LogP contribution in [0.1, 0.15) is 30.9 Å². The zero-order valence-corrected chi connectivity index (χ0v) is 21.5. The molecule has 1 saturated heterocycles. The van der Waals surface area contributed by atoms with E-state index in [0.29, 0.717) is 0 Å². The van der Waals surface area contributed by atoms with E-state index in [1.54, 1.807) is 0 Å². The number of benzene rings is 3. The number of piperazine rings is 1. The lowest BCUT2D eigenvalue weighted by Gasteiger charge is -2.37. The summed E-state index contributed by atoms with van der Waals surface area (Å²) in [6, 6.07) is 27.3. The number of nitrogens with one attached hydrogen (secondary N) is 2. The van der Waals surface area contributed by atoms with Crippen LogP contribution in [-0.4, -0.2) is 48.0 Å². The zero-order valence-electron chi connectivity index (χ0n) is 20.7. The summed E-state index contributed by atoms with van der Waals surface area (Å²) >= 11 is 5.46. The van der Waals surface area contributed by atoms with Gasteiger partial charge in [-0.15, -0.1) is 0 Å². The van der Waals surface area contributed by atoms with Gasteiger partial charge in [0.15, 0.2) is 5.11 Å². The monoisotopic (exact) mass is 500 g/mol. The molecule has 1 heterocycles. The van der Waals surface area contributed by atoms with Gasteiger partial charge in [0, 0.05) is 43.5 Å². The third kappa shape index (κ3) is 6.29. The first kappa shape index (κ1) is 25.4. The predicted octanol–water partition coefficient (Wildman–Crippen LogP) is 4.64. The standard InChI is InChI=1S/C29H32N4O2S/c1-21(2)28(35)33-19-17-32(18-20-33)25-15-13-24(14-16-25)30-29(36)31-27(34)26(22-9-5-3-6-10-22)23-11-7-4-8-12-23/h3-16,21,26H,17-20H2,1-2H3,(H2,30,31,34,36). The largest absolute Gasteiger partial charge is 0.368 e. The van der Waals surface area contributed by atoms with Crippen molar-refractivity contribution in [2.75, 3.05) is 36.4 Å². The van der Waals surface area contributed by atoms with Crippen LogP contribution < -0.4 is 15.5 Å². The van der Waals surface area contributed by atoms with Gasteiger partial charge in [0.1, 0.15) is 0 Å². The van der Waals surface area contributed by atoms with E-state index in [0.717, 1.165) is 48.7 Å². The maximum Gasteiger partial charge on any atom is 0.238 e. The van der Waals surface area contributed by atoms with Crippen molar-refractivity contribution in [3.05, 3.63) is 96.1 Å². The summed E-state index contributed by atoms with van der Waals surface area (Å²) in [7, 11) is 0. The lowest BCUT2D eigenvalue weighted by Crippen LogP contribution is -2.49. The Hall–Kier alpha value is -3.71. The fourth-order valence-electron chi connectivity index (χ4n) is 4.44. The van der Waals surface area contributed by atoms with Crippen LogP contribution in [0.15, 0.2) is 84.9 Å². The van der Waals surface area contributed by atoms with Crippen molar-refractivity contribution in [1.29, 1.82) is 0 Å². The average molecular weight is 501 g/mol. The number of anilines is 2. The van der Waals surface area contributed by atoms with Gasteiger partial charge in [0.2, 0.25) is 11.8 Å². The Labute approximate surface area is 218 Å². The highest BCUT2D eigenvalue weighted by Crippen LogP contribution is 2.25. The molecule has 1 aliphatic rings. The third-order valence-electron chi connectivity index (χ3n) is 6.34. The normalized spacial score (nSPS) is 13.6. The van der Waals surface area contributed by atoms with Gasteiger partial charge in [-0.2, -0.15) is 0 Å². The Bertz CT molecular complexity index is 1140. The molecule has 0 bridgehead atoms. The molecule has 0 spiro atoms. The Morgan fingerprint density at radius 1 is 0.778 bits per heavy atom. The number of nitrogens with zero attached hydrogens (tertiary/aromatic N) is 2. The highest BCUT2D eigenvalue weighted by molar-refractivity contribution is 7.80. The smallest absolute Gasteiger partial charge is 0.238 e. The number of rotatable bonds is 6. The molecular weight excluding hydrogens is 468 g/mol. The number of hydrogen-bond acceptors (Lipinski definition) is 4. The van der Waals surface area contributed by atoms with Crippen LogP contribution in [0.4, 0.5) is 11.4 Å². The SMILES string of the molecule is CC(C)C(=O)N1CCN(c2ccc(NC(=S)NC(=O)C(c3ccccc3)c3ccccc3)cc2)CC1. The summed E-state index contributed by atoms with van der Waals surface area (Å²) in [6.07, 6.45) is 0. The van der Waals surface area contributed by atoms with E-state index in [2.05, 4.69) is 15.5 Å². The molecule has 3 aromatic carbocycles. The Kier molecular flexibility index (Phi) is 8.33. The molecule has 1 fully saturated rings. The molecule has 186 valence electrons. The Morgan fingerprint density at radius 2 is 1.31 bits per heavy atom. The summed E-state index contributed by atoms with van der Waals surface area (Å²) < 4.78 is 0. The molecular formula is C29H32N4O2S. The van der Waals surface area contributed by atoms with Gasteiger partial charge in [-0.1, -0.05) is 74.5 Å². The molecule has 0 atom stereocenters. The quantitative estimate of drug-likeness (QED) is 0.483. The second-order valence-corrected chi connectivity index (χ2v) is 9.62. The first-order chi connectivity index (χ1) is 17.4.